The molecule has 9 heteroatoms. The van der Waals surface area contributed by atoms with Crippen molar-refractivity contribution >= 4 is 11.6 Å². The number of rotatable bonds is 3. The Hall–Kier alpha value is -2.06. The highest BCUT2D eigenvalue weighted by molar-refractivity contribution is 6.31. The van der Waals surface area contributed by atoms with E-state index >= 15 is 0 Å². The van der Waals surface area contributed by atoms with Crippen LogP contribution in [-0.4, -0.2) is 26.1 Å². The first-order chi connectivity index (χ1) is 12.8. The highest BCUT2D eigenvalue weighted by Crippen LogP contribution is 2.51. The third-order valence-electron chi connectivity index (χ3n) is 5.12. The molecule has 4 rings (SSSR count). The Morgan fingerprint density at radius 2 is 1.85 bits per heavy atom. The summed E-state index contributed by atoms with van der Waals surface area (Å²) in [5.74, 6) is -0.694. The van der Waals surface area contributed by atoms with Crippen LogP contribution in [0.3, 0.4) is 0 Å². The van der Waals surface area contributed by atoms with Gasteiger partial charge in [-0.15, -0.1) is 0 Å². The van der Waals surface area contributed by atoms with E-state index in [9.17, 15) is 14.0 Å². The lowest BCUT2D eigenvalue weighted by molar-refractivity contribution is -0.0471. The molecule has 0 bridgehead atoms. The fourth-order valence-corrected chi connectivity index (χ4v) is 4.22. The zero-order chi connectivity index (χ0) is 19.5. The summed E-state index contributed by atoms with van der Waals surface area (Å²) in [4.78, 5) is 25.7. The summed E-state index contributed by atoms with van der Waals surface area (Å²) >= 11 is 6.30. The van der Waals surface area contributed by atoms with Gasteiger partial charge in [-0.05, 0) is 39.7 Å². The summed E-state index contributed by atoms with van der Waals surface area (Å²) in [7, 11) is 0. The number of hydrogen-bond donors (Lipinski definition) is 0. The maximum atomic E-state index is 15.0. The van der Waals surface area contributed by atoms with Crippen molar-refractivity contribution in [2.45, 2.75) is 58.4 Å². The van der Waals surface area contributed by atoms with Crippen molar-refractivity contribution in [3.63, 3.8) is 0 Å². The molecule has 0 saturated carbocycles. The first-order valence-electron chi connectivity index (χ1n) is 9.03. The quantitative estimate of drug-likeness (QED) is 0.798. The molecule has 1 aromatic carbocycles. The zero-order valence-corrected chi connectivity index (χ0v) is 16.2. The minimum Gasteiger partial charge on any atom is -0.482 e. The van der Waals surface area contributed by atoms with Gasteiger partial charge in [0.15, 0.2) is 11.6 Å². The van der Waals surface area contributed by atoms with Gasteiger partial charge >= 0.3 is 11.4 Å². The molecule has 0 fully saturated rings. The first kappa shape index (κ1) is 18.3. The molecule has 0 N–H and O–H groups in total. The maximum Gasteiger partial charge on any atom is 0.352 e. The molecule has 146 valence electrons. The molecule has 0 amide bonds. The average molecular weight is 398 g/mol. The summed E-state index contributed by atoms with van der Waals surface area (Å²) in [6.07, 6.45) is 1.04. The fourth-order valence-electron chi connectivity index (χ4n) is 3.94. The highest BCUT2D eigenvalue weighted by atomic mass is 35.5. The minimum absolute atomic E-state index is 0.0891. The number of benzene rings is 1. The molecule has 1 unspecified atom stereocenters. The van der Waals surface area contributed by atoms with Gasteiger partial charge in [-0.2, -0.15) is 0 Å². The van der Waals surface area contributed by atoms with Crippen LogP contribution in [0.15, 0.2) is 15.7 Å². The lowest BCUT2D eigenvalue weighted by Gasteiger charge is -2.26. The van der Waals surface area contributed by atoms with Crippen LogP contribution in [0.25, 0.3) is 5.69 Å². The third kappa shape index (κ3) is 2.57. The molecule has 0 aliphatic carbocycles. The van der Waals surface area contributed by atoms with E-state index < -0.39 is 28.9 Å². The van der Waals surface area contributed by atoms with E-state index in [4.69, 9.17) is 21.1 Å². The summed E-state index contributed by atoms with van der Waals surface area (Å²) < 4.78 is 30.3. The van der Waals surface area contributed by atoms with Gasteiger partial charge in [-0.3, -0.25) is 0 Å². The van der Waals surface area contributed by atoms with E-state index in [1.807, 2.05) is 6.92 Å². The Kier molecular flexibility index (Phi) is 4.23. The molecule has 0 saturated heterocycles. The highest BCUT2D eigenvalue weighted by Gasteiger charge is 2.46. The van der Waals surface area contributed by atoms with Crippen molar-refractivity contribution < 1.29 is 13.9 Å². The van der Waals surface area contributed by atoms with Crippen LogP contribution >= 0.6 is 11.6 Å². The van der Waals surface area contributed by atoms with E-state index in [-0.39, 0.29) is 16.5 Å². The number of hydrogen-bond acceptors (Lipinski definition) is 4. The Balaban J connectivity index is 2.02. The normalized spacial score (nSPS) is 20.3. The minimum atomic E-state index is -0.830. The van der Waals surface area contributed by atoms with E-state index in [0.717, 1.165) is 23.5 Å². The average Bonchev–Trinajstić information content (AvgIpc) is 3.02. The Labute approximate surface area is 159 Å². The molecule has 1 aromatic heterocycles. The van der Waals surface area contributed by atoms with Crippen LogP contribution in [0.5, 0.6) is 5.75 Å². The lowest BCUT2D eigenvalue weighted by atomic mass is 9.97. The molecule has 1 atom stereocenters. The van der Waals surface area contributed by atoms with Crippen molar-refractivity contribution in [3.05, 3.63) is 43.4 Å². The van der Waals surface area contributed by atoms with Crippen molar-refractivity contribution in [2.75, 3.05) is 6.61 Å². The van der Waals surface area contributed by atoms with Crippen LogP contribution in [0.1, 0.15) is 45.3 Å². The van der Waals surface area contributed by atoms with Crippen LogP contribution < -0.4 is 16.1 Å². The van der Waals surface area contributed by atoms with Crippen LogP contribution in [0, 0.1) is 5.82 Å². The Morgan fingerprint density at radius 3 is 2.41 bits per heavy atom. The molecular formula is C18H21ClFN3O4. The van der Waals surface area contributed by atoms with Crippen LogP contribution in [0.4, 0.5) is 4.39 Å². The van der Waals surface area contributed by atoms with Gasteiger partial charge in [0.1, 0.15) is 17.4 Å². The van der Waals surface area contributed by atoms with Crippen LogP contribution in [-0.2, 0) is 17.8 Å². The van der Waals surface area contributed by atoms with E-state index in [1.165, 1.54) is 9.36 Å². The van der Waals surface area contributed by atoms with Gasteiger partial charge in [-0.1, -0.05) is 11.6 Å². The Morgan fingerprint density at radius 1 is 1.26 bits per heavy atom. The summed E-state index contributed by atoms with van der Waals surface area (Å²) in [5, 5.41) is 0.146. The monoisotopic (exact) mass is 397 g/mol. The van der Waals surface area contributed by atoms with Gasteiger partial charge in [0.2, 0.25) is 0 Å². The zero-order valence-electron chi connectivity index (χ0n) is 15.4. The van der Waals surface area contributed by atoms with Crippen molar-refractivity contribution in [1.82, 2.24) is 13.9 Å². The largest absolute Gasteiger partial charge is 0.482 e. The standard InChI is InChI=1S/C18H21ClFN3O4/c1-4-26-15-12-10(19)9-11(20)13(14(12)27-18(15,2)3)23-16(24)21-7-5-6-8-22(21)17(23)25/h9,15H,4-8H2,1-3H3. The van der Waals surface area contributed by atoms with Gasteiger partial charge in [0, 0.05) is 25.3 Å². The number of halogens is 2. The molecule has 2 aliphatic rings. The summed E-state index contributed by atoms with van der Waals surface area (Å²) in [5.41, 5.74) is -1.73. The van der Waals surface area contributed by atoms with Gasteiger partial charge in [0.05, 0.1) is 5.02 Å². The predicted octanol–water partition coefficient (Wildman–Crippen LogP) is 2.64. The van der Waals surface area contributed by atoms with Gasteiger partial charge in [-0.25, -0.2) is 27.9 Å². The number of ether oxygens (including phenoxy) is 2. The molecule has 3 heterocycles. The molecule has 0 radical (unpaired) electrons. The topological polar surface area (TPSA) is 67.4 Å². The molecule has 2 aliphatic heterocycles. The van der Waals surface area contributed by atoms with Crippen LogP contribution in [0.2, 0.25) is 5.02 Å². The fraction of sp³-hybridized carbons (Fsp3) is 0.556. The summed E-state index contributed by atoms with van der Waals surface area (Å²) in [6, 6.07) is 1.11. The number of aromatic nitrogens is 3. The molecule has 0 spiro atoms. The Bertz CT molecular complexity index is 999. The lowest BCUT2D eigenvalue weighted by Crippen LogP contribution is -2.32. The predicted molar refractivity (Wildman–Crippen MR) is 97.6 cm³/mol. The first-order valence-corrected chi connectivity index (χ1v) is 9.41. The second kappa shape index (κ2) is 6.24. The maximum absolute atomic E-state index is 15.0. The SMILES string of the molecule is CCOC1c2c(Cl)cc(F)c(-n3c(=O)n4n(c3=O)CCCC4)c2OC1(C)C. The van der Waals surface area contributed by atoms with E-state index in [2.05, 4.69) is 0 Å². The van der Waals surface area contributed by atoms with E-state index in [1.54, 1.807) is 13.8 Å². The summed E-state index contributed by atoms with van der Waals surface area (Å²) in [6.45, 7) is 6.69. The van der Waals surface area contributed by atoms with Gasteiger partial charge < -0.3 is 9.47 Å². The van der Waals surface area contributed by atoms with Crippen molar-refractivity contribution in [2.24, 2.45) is 0 Å². The smallest absolute Gasteiger partial charge is 0.352 e. The molecule has 2 aromatic rings. The number of fused-ring (bicyclic) bond motifs is 2. The molecule has 27 heavy (non-hydrogen) atoms. The molecule has 7 nitrogen and oxygen atoms in total. The third-order valence-corrected chi connectivity index (χ3v) is 5.43. The molecular weight excluding hydrogens is 377 g/mol. The second-order valence-corrected chi connectivity index (χ2v) is 7.73. The van der Waals surface area contributed by atoms with E-state index in [0.29, 0.717) is 25.3 Å². The van der Waals surface area contributed by atoms with Gasteiger partial charge in [0.25, 0.3) is 0 Å². The number of nitrogens with zero attached hydrogens (tertiary/aromatic N) is 3. The van der Waals surface area contributed by atoms with Crippen molar-refractivity contribution in [1.29, 1.82) is 0 Å². The van der Waals surface area contributed by atoms with Crippen molar-refractivity contribution in [3.8, 4) is 11.4 Å². The second-order valence-electron chi connectivity index (χ2n) is 7.33.